The number of benzene rings is 1. The van der Waals surface area contributed by atoms with Crippen LogP contribution in [0, 0.1) is 18.6 Å². The van der Waals surface area contributed by atoms with Crippen LogP contribution in [0.4, 0.5) is 0 Å². The Morgan fingerprint density at radius 3 is 2.60 bits per heavy atom. The minimum Gasteiger partial charge on any atom is -0.326 e. The Morgan fingerprint density at radius 1 is 1.20 bits per heavy atom. The number of aromatic amines is 1. The van der Waals surface area contributed by atoms with Gasteiger partial charge in [-0.1, -0.05) is 0 Å². The molecule has 0 aromatic heterocycles. The average molecular weight is 288 g/mol. The van der Waals surface area contributed by atoms with Crippen molar-refractivity contribution in [1.29, 1.82) is 0 Å². The molecule has 0 bridgehead atoms. The van der Waals surface area contributed by atoms with Gasteiger partial charge in [-0.05, 0) is 37.1 Å². The Bertz CT molecular complexity index is 967. The first-order chi connectivity index (χ1) is 9.51. The zero-order chi connectivity index (χ0) is 14.4. The molecule has 0 saturated heterocycles. The van der Waals surface area contributed by atoms with Crippen molar-refractivity contribution in [2.45, 2.75) is 13.8 Å². The second kappa shape index (κ2) is 4.38. The fourth-order valence-electron chi connectivity index (χ4n) is 2.19. The largest absolute Gasteiger partial charge is 0.326 e. The van der Waals surface area contributed by atoms with E-state index in [0.29, 0.717) is 5.82 Å². The van der Waals surface area contributed by atoms with Gasteiger partial charge < -0.3 is 4.57 Å². The summed E-state index contributed by atoms with van der Waals surface area (Å²) in [7, 11) is 1.81. The van der Waals surface area contributed by atoms with E-state index < -0.39 is 5.56 Å². The molecule has 0 amide bonds. The lowest BCUT2D eigenvalue weighted by atomic mass is 10.1. The first kappa shape index (κ1) is 12.7. The summed E-state index contributed by atoms with van der Waals surface area (Å²) in [4.78, 5) is 22.9. The summed E-state index contributed by atoms with van der Waals surface area (Å²) >= 11 is 0.160. The third-order valence-corrected chi connectivity index (χ3v) is 3.79. The maximum Gasteiger partial charge on any atom is 0.280 e. The molecule has 0 fully saturated rings. The number of aryl methyl sites for hydroxylation is 3. The lowest BCUT2D eigenvalue weighted by Gasteiger charge is -2.13. The normalized spacial score (nSPS) is 11.2. The molecule has 7 heteroatoms. The first-order valence-electron chi connectivity index (χ1n) is 6.02. The zero-order valence-corrected chi connectivity index (χ0v) is 12.0. The molecule has 0 saturated carbocycles. The van der Waals surface area contributed by atoms with Gasteiger partial charge in [0.25, 0.3) is 5.56 Å². The van der Waals surface area contributed by atoms with Crippen LogP contribution in [0.1, 0.15) is 11.1 Å². The van der Waals surface area contributed by atoms with E-state index in [1.807, 2.05) is 33.0 Å². The predicted molar refractivity (Wildman–Crippen MR) is 76.6 cm³/mol. The van der Waals surface area contributed by atoms with Crippen molar-refractivity contribution in [3.8, 4) is 11.5 Å². The molecule has 1 aromatic carbocycles. The zero-order valence-electron chi connectivity index (χ0n) is 11.2. The molecule has 1 N–H and O–H groups in total. The molecular weight excluding hydrogens is 276 g/mol. The van der Waals surface area contributed by atoms with Gasteiger partial charge in [0, 0.05) is 7.05 Å². The van der Waals surface area contributed by atoms with Crippen molar-refractivity contribution in [3.05, 3.63) is 38.4 Å². The van der Waals surface area contributed by atoms with Gasteiger partial charge in [0.1, 0.15) is 11.3 Å². The summed E-state index contributed by atoms with van der Waals surface area (Å²) in [6.45, 7) is 4.02. The summed E-state index contributed by atoms with van der Waals surface area (Å²) < 4.78 is 12.7. The summed E-state index contributed by atoms with van der Waals surface area (Å²) in [5, 5.41) is 0. The van der Waals surface area contributed by atoms with Crippen LogP contribution in [0.5, 0.6) is 0 Å². The Hall–Kier alpha value is -2.28. The van der Waals surface area contributed by atoms with Crippen LogP contribution in [0.15, 0.2) is 16.9 Å². The predicted octanol–water partition coefficient (Wildman–Crippen LogP) is 1.12. The highest BCUT2D eigenvalue weighted by Crippen LogP contribution is 2.22. The number of rotatable bonds is 0. The minimum absolute atomic E-state index is 0.0445. The van der Waals surface area contributed by atoms with E-state index in [0.717, 1.165) is 22.2 Å². The molecule has 2 heterocycles. The van der Waals surface area contributed by atoms with E-state index in [4.69, 9.17) is 0 Å². The van der Waals surface area contributed by atoms with Gasteiger partial charge in [-0.25, -0.2) is 9.19 Å². The molecule has 0 unspecified atom stereocenters. The highest BCUT2D eigenvalue weighted by atomic mass is 32.1. The number of nitrogens with one attached hydrogen (secondary N) is 1. The molecule has 2 aliphatic rings. The SMILES string of the molecule is Cc1cc2nc3c(=O)[nH]c(=S=O)nc-3n(C)c2cc1C. The van der Waals surface area contributed by atoms with Gasteiger partial charge in [0.15, 0.2) is 11.5 Å². The number of fused-ring (bicyclic) bond motifs is 2. The summed E-state index contributed by atoms with van der Waals surface area (Å²) in [5.74, 6) is 0.405. The van der Waals surface area contributed by atoms with Crippen LogP contribution < -0.4 is 5.56 Å². The van der Waals surface area contributed by atoms with E-state index in [2.05, 4.69) is 15.0 Å². The maximum atomic E-state index is 12.0. The molecule has 2 aliphatic heterocycles. The molecular formula is C13H12N4O2S. The Labute approximate surface area is 117 Å². The molecule has 20 heavy (non-hydrogen) atoms. The van der Waals surface area contributed by atoms with Crippen molar-refractivity contribution in [1.82, 2.24) is 19.5 Å². The van der Waals surface area contributed by atoms with E-state index >= 15 is 0 Å². The number of nitrogens with zero attached hydrogens (tertiary/aromatic N) is 3. The summed E-state index contributed by atoms with van der Waals surface area (Å²) in [6, 6.07) is 3.95. The quantitative estimate of drug-likeness (QED) is 0.496. The molecule has 0 aliphatic carbocycles. The van der Waals surface area contributed by atoms with Gasteiger partial charge in [0.2, 0.25) is 4.77 Å². The van der Waals surface area contributed by atoms with Crippen LogP contribution in [0.3, 0.4) is 0 Å². The van der Waals surface area contributed by atoms with Crippen LogP contribution in [-0.4, -0.2) is 23.7 Å². The Balaban J connectivity index is 2.61. The average Bonchev–Trinajstić information content (AvgIpc) is 2.42. The first-order valence-corrected chi connectivity index (χ1v) is 6.76. The second-order valence-electron chi connectivity index (χ2n) is 4.72. The van der Waals surface area contributed by atoms with Crippen molar-refractivity contribution < 1.29 is 4.21 Å². The van der Waals surface area contributed by atoms with Gasteiger partial charge in [-0.2, -0.15) is 4.98 Å². The smallest absolute Gasteiger partial charge is 0.280 e. The Morgan fingerprint density at radius 2 is 1.90 bits per heavy atom. The third kappa shape index (κ3) is 1.78. The van der Waals surface area contributed by atoms with Gasteiger partial charge in [-0.3, -0.25) is 9.78 Å². The number of hydrogen-bond donors (Lipinski definition) is 1. The van der Waals surface area contributed by atoms with Gasteiger partial charge >= 0.3 is 0 Å². The van der Waals surface area contributed by atoms with Crippen LogP contribution >= 0.6 is 0 Å². The van der Waals surface area contributed by atoms with Crippen LogP contribution in [-0.2, 0) is 18.3 Å². The van der Waals surface area contributed by atoms with Crippen molar-refractivity contribution in [2.24, 2.45) is 7.05 Å². The highest BCUT2D eigenvalue weighted by Gasteiger charge is 2.16. The molecule has 1 aromatic rings. The minimum atomic E-state index is -0.399. The second-order valence-corrected chi connectivity index (χ2v) is 5.28. The van der Waals surface area contributed by atoms with E-state index in [9.17, 15) is 9.00 Å². The molecule has 0 spiro atoms. The molecule has 102 valence electrons. The van der Waals surface area contributed by atoms with E-state index in [1.54, 1.807) is 4.57 Å². The monoisotopic (exact) mass is 288 g/mol. The van der Waals surface area contributed by atoms with Gasteiger partial charge in [-0.15, -0.1) is 0 Å². The number of hydrogen-bond acceptors (Lipinski definition) is 4. The van der Waals surface area contributed by atoms with Gasteiger partial charge in [0.05, 0.1) is 11.0 Å². The number of aromatic nitrogens is 4. The third-order valence-electron chi connectivity index (χ3n) is 3.44. The molecule has 3 rings (SSSR count). The fraction of sp³-hybridized carbons (Fsp3) is 0.231. The summed E-state index contributed by atoms with van der Waals surface area (Å²) in [6.07, 6.45) is 0. The fourth-order valence-corrected chi connectivity index (χ4v) is 2.45. The highest BCUT2D eigenvalue weighted by molar-refractivity contribution is 7.56. The number of H-pyrrole nitrogens is 1. The standard InChI is InChI=1S/C13H12N4O2S/c1-6-4-8-9(5-7(6)2)17(3)11-10(14-8)12(18)16-13(15-11)20-19/h4-5H,1-3H3,(H,16,18). The molecule has 6 nitrogen and oxygen atoms in total. The van der Waals surface area contributed by atoms with Crippen molar-refractivity contribution >= 4 is 22.3 Å². The summed E-state index contributed by atoms with van der Waals surface area (Å²) in [5.41, 5.74) is 3.70. The molecule has 0 atom stereocenters. The van der Waals surface area contributed by atoms with Crippen molar-refractivity contribution in [2.75, 3.05) is 0 Å². The topological polar surface area (TPSA) is 80.6 Å². The van der Waals surface area contributed by atoms with Crippen LogP contribution in [0.25, 0.3) is 22.6 Å². The van der Waals surface area contributed by atoms with E-state index in [-0.39, 0.29) is 21.7 Å². The van der Waals surface area contributed by atoms with Crippen molar-refractivity contribution in [3.63, 3.8) is 0 Å². The van der Waals surface area contributed by atoms with Crippen LogP contribution in [0.2, 0.25) is 0 Å². The molecule has 0 radical (unpaired) electrons. The Kier molecular flexibility index (Phi) is 2.79. The van der Waals surface area contributed by atoms with E-state index in [1.165, 1.54) is 0 Å². The lowest BCUT2D eigenvalue weighted by Crippen LogP contribution is -2.19. The lowest BCUT2D eigenvalue weighted by molar-refractivity contribution is 0.698. The maximum absolute atomic E-state index is 12.0.